The van der Waals surface area contributed by atoms with Crippen LogP contribution < -0.4 is 0 Å². The van der Waals surface area contributed by atoms with Crippen molar-refractivity contribution in [1.82, 2.24) is 0 Å². The van der Waals surface area contributed by atoms with E-state index in [1.54, 1.807) is 0 Å². The third-order valence-electron chi connectivity index (χ3n) is 1.76. The molecule has 1 atom stereocenters. The minimum Gasteiger partial charge on any atom is -0.478 e. The molecule has 2 N–H and O–H groups in total. The van der Waals surface area contributed by atoms with Crippen LogP contribution in [0, 0.1) is 11.3 Å². The van der Waals surface area contributed by atoms with Crippen molar-refractivity contribution in [3.8, 4) is 0 Å². The molecular weight excluding hydrogens is 192 g/mol. The summed E-state index contributed by atoms with van der Waals surface area (Å²) in [6.45, 7) is 12.2. The molecule has 0 aliphatic carbocycles. The number of carboxylic acid groups (broad SMARTS) is 1. The van der Waals surface area contributed by atoms with E-state index in [9.17, 15) is 4.79 Å². The molecule has 0 rings (SSSR count). The fourth-order valence-electron chi connectivity index (χ4n) is 1.37. The molecule has 0 aromatic rings. The van der Waals surface area contributed by atoms with Crippen molar-refractivity contribution in [3.05, 3.63) is 12.7 Å². The lowest BCUT2D eigenvalue weighted by Gasteiger charge is -2.22. The topological polar surface area (TPSA) is 57.5 Å². The van der Waals surface area contributed by atoms with E-state index in [1.807, 2.05) is 0 Å². The van der Waals surface area contributed by atoms with Crippen LogP contribution in [-0.4, -0.2) is 22.8 Å². The highest BCUT2D eigenvalue weighted by Gasteiger charge is 2.14. The molecule has 0 bridgehead atoms. The number of rotatable bonds is 4. The molecule has 0 aromatic carbocycles. The number of hydrogen-bond acceptors (Lipinski definition) is 2. The Bertz CT molecular complexity index is 180. The SMILES string of the molecule is C=CC(=O)O.CC(CCO)CC(C)(C)C. The summed E-state index contributed by atoms with van der Waals surface area (Å²) in [5.74, 6) is -0.324. The first-order valence-corrected chi connectivity index (χ1v) is 5.19. The zero-order valence-electron chi connectivity index (χ0n) is 10.3. The number of carbonyl (C=O) groups is 1. The maximum Gasteiger partial charge on any atom is 0.327 e. The molecule has 0 amide bonds. The Hall–Kier alpha value is -0.830. The molecule has 1 unspecified atom stereocenters. The van der Waals surface area contributed by atoms with Gasteiger partial charge in [-0.2, -0.15) is 0 Å². The van der Waals surface area contributed by atoms with Crippen molar-refractivity contribution in [2.24, 2.45) is 11.3 Å². The molecule has 90 valence electrons. The summed E-state index contributed by atoms with van der Waals surface area (Å²) < 4.78 is 0. The Morgan fingerprint density at radius 1 is 1.47 bits per heavy atom. The summed E-state index contributed by atoms with van der Waals surface area (Å²) in [4.78, 5) is 9.25. The molecule has 0 saturated carbocycles. The second-order valence-electron chi connectivity index (χ2n) is 4.92. The van der Waals surface area contributed by atoms with Crippen LogP contribution >= 0.6 is 0 Å². The van der Waals surface area contributed by atoms with Gasteiger partial charge < -0.3 is 10.2 Å². The van der Waals surface area contributed by atoms with Gasteiger partial charge >= 0.3 is 5.97 Å². The Morgan fingerprint density at radius 3 is 2.07 bits per heavy atom. The molecule has 0 radical (unpaired) electrons. The van der Waals surface area contributed by atoms with Crippen molar-refractivity contribution in [3.63, 3.8) is 0 Å². The minimum atomic E-state index is -0.981. The van der Waals surface area contributed by atoms with Crippen LogP contribution in [-0.2, 0) is 4.79 Å². The van der Waals surface area contributed by atoms with Gasteiger partial charge in [-0.3, -0.25) is 0 Å². The van der Waals surface area contributed by atoms with Crippen LogP contribution in [0.4, 0.5) is 0 Å². The molecule has 0 spiro atoms. The van der Waals surface area contributed by atoms with Gasteiger partial charge in [-0.15, -0.1) is 0 Å². The first-order valence-electron chi connectivity index (χ1n) is 5.19. The number of hydrogen-bond donors (Lipinski definition) is 2. The zero-order valence-corrected chi connectivity index (χ0v) is 10.3. The first kappa shape index (κ1) is 16.6. The van der Waals surface area contributed by atoms with Crippen LogP contribution in [0.3, 0.4) is 0 Å². The van der Waals surface area contributed by atoms with Crippen molar-refractivity contribution < 1.29 is 15.0 Å². The molecule has 3 heteroatoms. The van der Waals surface area contributed by atoms with Gasteiger partial charge in [-0.05, 0) is 24.2 Å². The predicted molar refractivity (Wildman–Crippen MR) is 62.8 cm³/mol. The second kappa shape index (κ2) is 8.48. The van der Waals surface area contributed by atoms with E-state index in [0.717, 1.165) is 12.5 Å². The molecular formula is C12H24O3. The maximum absolute atomic E-state index is 9.25. The van der Waals surface area contributed by atoms with Crippen molar-refractivity contribution >= 4 is 5.97 Å². The number of carboxylic acids is 1. The standard InChI is InChI=1S/C9H20O.C3H4O2/c1-8(5-6-10)7-9(2,3)4;1-2-3(4)5/h8,10H,5-7H2,1-4H3;2H,1H2,(H,4,5). The lowest BCUT2D eigenvalue weighted by atomic mass is 9.84. The van der Waals surface area contributed by atoms with Crippen molar-refractivity contribution in [1.29, 1.82) is 0 Å². The summed E-state index contributed by atoms with van der Waals surface area (Å²) in [5, 5.41) is 16.2. The molecule has 0 aliphatic heterocycles. The van der Waals surface area contributed by atoms with E-state index < -0.39 is 5.97 Å². The van der Waals surface area contributed by atoms with Gasteiger partial charge in [0.2, 0.25) is 0 Å². The summed E-state index contributed by atoms with van der Waals surface area (Å²) in [5.41, 5.74) is 0.411. The molecule has 0 aliphatic rings. The van der Waals surface area contributed by atoms with Gasteiger partial charge in [0.15, 0.2) is 0 Å². The lowest BCUT2D eigenvalue weighted by Crippen LogP contribution is -2.11. The highest BCUT2D eigenvalue weighted by Crippen LogP contribution is 2.25. The molecule has 15 heavy (non-hydrogen) atoms. The summed E-state index contributed by atoms with van der Waals surface area (Å²) in [6, 6.07) is 0. The van der Waals surface area contributed by atoms with E-state index in [2.05, 4.69) is 34.3 Å². The molecule has 0 saturated heterocycles. The van der Waals surface area contributed by atoms with Gasteiger partial charge in [0, 0.05) is 12.7 Å². The lowest BCUT2D eigenvalue weighted by molar-refractivity contribution is -0.131. The monoisotopic (exact) mass is 216 g/mol. The average molecular weight is 216 g/mol. The van der Waals surface area contributed by atoms with E-state index in [4.69, 9.17) is 10.2 Å². The molecule has 0 fully saturated rings. The quantitative estimate of drug-likeness (QED) is 0.710. The number of aliphatic hydroxyl groups excluding tert-OH is 1. The summed E-state index contributed by atoms with van der Waals surface area (Å²) in [6.07, 6.45) is 2.98. The summed E-state index contributed by atoms with van der Waals surface area (Å²) in [7, 11) is 0. The highest BCUT2D eigenvalue weighted by molar-refractivity contribution is 5.78. The Morgan fingerprint density at radius 2 is 1.87 bits per heavy atom. The minimum absolute atomic E-state index is 0.331. The van der Waals surface area contributed by atoms with E-state index >= 15 is 0 Å². The van der Waals surface area contributed by atoms with Gasteiger partial charge in [0.25, 0.3) is 0 Å². The third-order valence-corrected chi connectivity index (χ3v) is 1.76. The fourth-order valence-corrected chi connectivity index (χ4v) is 1.37. The van der Waals surface area contributed by atoms with Crippen molar-refractivity contribution in [2.75, 3.05) is 6.61 Å². The third kappa shape index (κ3) is 19.5. The fraction of sp³-hybridized carbons (Fsp3) is 0.750. The molecule has 3 nitrogen and oxygen atoms in total. The maximum atomic E-state index is 9.25. The van der Waals surface area contributed by atoms with E-state index in [-0.39, 0.29) is 0 Å². The molecule has 0 heterocycles. The first-order chi connectivity index (χ1) is 6.72. The predicted octanol–water partition coefficient (Wildman–Crippen LogP) is 2.70. The summed E-state index contributed by atoms with van der Waals surface area (Å²) >= 11 is 0. The van der Waals surface area contributed by atoms with Crippen LogP contribution in [0.2, 0.25) is 0 Å². The smallest absolute Gasteiger partial charge is 0.327 e. The average Bonchev–Trinajstić information content (AvgIpc) is 2.02. The largest absolute Gasteiger partial charge is 0.478 e. The van der Waals surface area contributed by atoms with E-state index in [0.29, 0.717) is 17.9 Å². The highest BCUT2D eigenvalue weighted by atomic mass is 16.4. The Kier molecular flexibility index (Phi) is 9.38. The zero-order chi connectivity index (χ0) is 12.5. The van der Waals surface area contributed by atoms with Gasteiger partial charge in [-0.1, -0.05) is 34.3 Å². The van der Waals surface area contributed by atoms with Crippen LogP contribution in [0.25, 0.3) is 0 Å². The molecule has 0 aromatic heterocycles. The van der Waals surface area contributed by atoms with Crippen LogP contribution in [0.15, 0.2) is 12.7 Å². The van der Waals surface area contributed by atoms with E-state index in [1.165, 1.54) is 6.42 Å². The normalized spacial score (nSPS) is 12.3. The number of aliphatic hydroxyl groups is 1. The van der Waals surface area contributed by atoms with Gasteiger partial charge in [-0.25, -0.2) is 4.79 Å². The van der Waals surface area contributed by atoms with Gasteiger partial charge in [0.1, 0.15) is 0 Å². The van der Waals surface area contributed by atoms with Crippen molar-refractivity contribution in [2.45, 2.75) is 40.5 Å². The second-order valence-corrected chi connectivity index (χ2v) is 4.92. The van der Waals surface area contributed by atoms with Crippen LogP contribution in [0.5, 0.6) is 0 Å². The van der Waals surface area contributed by atoms with Crippen LogP contribution in [0.1, 0.15) is 40.5 Å². The van der Waals surface area contributed by atoms with Gasteiger partial charge in [0.05, 0.1) is 0 Å². The Labute approximate surface area is 92.8 Å². The Balaban J connectivity index is 0. The number of aliphatic carboxylic acids is 1.